The fraction of sp³-hybridized carbons (Fsp3) is 0.500. The van der Waals surface area contributed by atoms with Crippen LogP contribution < -0.4 is 5.73 Å². The second-order valence-corrected chi connectivity index (χ2v) is 4.58. The highest BCUT2D eigenvalue weighted by Gasteiger charge is 2.23. The van der Waals surface area contributed by atoms with Gasteiger partial charge in [-0.05, 0) is 37.0 Å². The van der Waals surface area contributed by atoms with E-state index in [9.17, 15) is 4.39 Å². The van der Waals surface area contributed by atoms with Crippen LogP contribution in [0, 0.1) is 5.82 Å². The summed E-state index contributed by atoms with van der Waals surface area (Å²) >= 11 is 5.71. The van der Waals surface area contributed by atoms with Crippen LogP contribution in [0.2, 0.25) is 5.02 Å². The van der Waals surface area contributed by atoms with Crippen molar-refractivity contribution in [3.8, 4) is 0 Å². The minimum atomic E-state index is -0.392. The van der Waals surface area contributed by atoms with Crippen LogP contribution in [-0.2, 0) is 11.2 Å². The van der Waals surface area contributed by atoms with Crippen LogP contribution in [0.1, 0.15) is 18.4 Å². The summed E-state index contributed by atoms with van der Waals surface area (Å²) in [4.78, 5) is 0. The summed E-state index contributed by atoms with van der Waals surface area (Å²) in [7, 11) is 0. The van der Waals surface area contributed by atoms with E-state index in [0.29, 0.717) is 6.42 Å². The van der Waals surface area contributed by atoms with Crippen molar-refractivity contribution in [2.75, 3.05) is 6.61 Å². The number of hydrogen-bond donors (Lipinski definition) is 1. The Hall–Kier alpha value is -0.640. The Labute approximate surface area is 99.5 Å². The topological polar surface area (TPSA) is 35.2 Å². The molecule has 0 bridgehead atoms. The summed E-state index contributed by atoms with van der Waals surface area (Å²) in [5.41, 5.74) is 6.99. The third-order valence-electron chi connectivity index (χ3n) is 2.90. The van der Waals surface area contributed by atoms with Gasteiger partial charge in [-0.15, -0.1) is 0 Å². The molecular weight excluding hydrogens is 229 g/mol. The van der Waals surface area contributed by atoms with Gasteiger partial charge in [-0.1, -0.05) is 17.7 Å². The van der Waals surface area contributed by atoms with Crippen molar-refractivity contribution >= 4 is 11.6 Å². The molecule has 1 heterocycles. The Bertz CT molecular complexity index is 366. The lowest BCUT2D eigenvalue weighted by molar-refractivity contribution is 0.0900. The summed E-state index contributed by atoms with van der Waals surface area (Å²) in [6, 6.07) is 4.69. The molecule has 16 heavy (non-hydrogen) atoms. The number of rotatable bonds is 3. The molecule has 0 amide bonds. The van der Waals surface area contributed by atoms with Crippen molar-refractivity contribution in [1.82, 2.24) is 0 Å². The molecule has 0 spiro atoms. The Balaban J connectivity index is 1.99. The molecule has 0 aliphatic carbocycles. The summed E-state index contributed by atoms with van der Waals surface area (Å²) < 4.78 is 18.5. The van der Waals surface area contributed by atoms with Gasteiger partial charge < -0.3 is 10.5 Å². The predicted octanol–water partition coefficient (Wildman–Crippen LogP) is 2.53. The molecule has 2 atom stereocenters. The molecular formula is C12H15ClFNO. The maximum Gasteiger partial charge on any atom is 0.141 e. The zero-order valence-electron chi connectivity index (χ0n) is 8.96. The van der Waals surface area contributed by atoms with Crippen molar-refractivity contribution in [3.05, 3.63) is 34.6 Å². The van der Waals surface area contributed by atoms with Crippen molar-refractivity contribution in [3.63, 3.8) is 0 Å². The van der Waals surface area contributed by atoms with E-state index in [1.165, 1.54) is 6.07 Å². The highest BCUT2D eigenvalue weighted by atomic mass is 35.5. The van der Waals surface area contributed by atoms with Crippen LogP contribution in [0.4, 0.5) is 4.39 Å². The Kier molecular flexibility index (Phi) is 3.79. The van der Waals surface area contributed by atoms with Gasteiger partial charge in [-0.25, -0.2) is 4.39 Å². The normalized spacial score (nSPS) is 22.3. The van der Waals surface area contributed by atoms with Gasteiger partial charge in [-0.2, -0.15) is 0 Å². The minimum Gasteiger partial charge on any atom is -0.377 e. The first-order chi connectivity index (χ1) is 7.66. The molecule has 88 valence electrons. The van der Waals surface area contributed by atoms with Gasteiger partial charge in [0.2, 0.25) is 0 Å². The van der Waals surface area contributed by atoms with E-state index in [-0.39, 0.29) is 17.2 Å². The number of ether oxygens (including phenoxy) is 1. The molecule has 1 aromatic carbocycles. The van der Waals surface area contributed by atoms with Gasteiger partial charge >= 0.3 is 0 Å². The molecule has 2 unspecified atom stereocenters. The second-order valence-electron chi connectivity index (χ2n) is 4.17. The molecule has 4 heteroatoms. The van der Waals surface area contributed by atoms with E-state index in [4.69, 9.17) is 22.1 Å². The van der Waals surface area contributed by atoms with E-state index in [2.05, 4.69) is 0 Å². The second kappa shape index (κ2) is 5.13. The summed E-state index contributed by atoms with van der Waals surface area (Å²) in [6.45, 7) is 0.794. The summed E-state index contributed by atoms with van der Waals surface area (Å²) in [5.74, 6) is -0.392. The van der Waals surface area contributed by atoms with Crippen LogP contribution in [-0.4, -0.2) is 18.8 Å². The monoisotopic (exact) mass is 243 g/mol. The molecule has 1 saturated heterocycles. The lowest BCUT2D eigenvalue weighted by Gasteiger charge is -2.18. The molecule has 0 aromatic heterocycles. The third-order valence-corrected chi connectivity index (χ3v) is 3.19. The highest BCUT2D eigenvalue weighted by Crippen LogP contribution is 2.20. The van der Waals surface area contributed by atoms with Crippen LogP contribution in [0.3, 0.4) is 0 Å². The summed E-state index contributed by atoms with van der Waals surface area (Å²) in [6.07, 6.45) is 2.88. The number of benzene rings is 1. The Morgan fingerprint density at radius 1 is 1.56 bits per heavy atom. The quantitative estimate of drug-likeness (QED) is 0.886. The van der Waals surface area contributed by atoms with Gasteiger partial charge in [0.05, 0.1) is 11.1 Å². The van der Waals surface area contributed by atoms with Gasteiger partial charge in [0, 0.05) is 12.6 Å². The zero-order chi connectivity index (χ0) is 11.5. The van der Waals surface area contributed by atoms with E-state index in [0.717, 1.165) is 25.0 Å². The smallest absolute Gasteiger partial charge is 0.141 e. The van der Waals surface area contributed by atoms with Gasteiger partial charge in [-0.3, -0.25) is 0 Å². The van der Waals surface area contributed by atoms with Crippen molar-refractivity contribution in [1.29, 1.82) is 0 Å². The number of hydrogen-bond acceptors (Lipinski definition) is 2. The van der Waals surface area contributed by atoms with Crippen LogP contribution in [0.25, 0.3) is 0 Å². The standard InChI is InChI=1S/C12H15ClFNO/c13-9-6-8(3-4-10(9)14)7-11(15)12-2-1-5-16-12/h3-4,6,11-12H,1-2,5,7,15H2. The van der Waals surface area contributed by atoms with Crippen LogP contribution in [0.5, 0.6) is 0 Å². The predicted molar refractivity (Wildman–Crippen MR) is 62.1 cm³/mol. The van der Waals surface area contributed by atoms with Gasteiger partial charge in [0.25, 0.3) is 0 Å². The summed E-state index contributed by atoms with van der Waals surface area (Å²) in [5, 5.41) is 0.150. The molecule has 0 radical (unpaired) electrons. The minimum absolute atomic E-state index is 0.0379. The first kappa shape index (κ1) is 11.8. The van der Waals surface area contributed by atoms with E-state index in [1.54, 1.807) is 12.1 Å². The largest absolute Gasteiger partial charge is 0.377 e. The Morgan fingerprint density at radius 3 is 3.00 bits per heavy atom. The third kappa shape index (κ3) is 2.73. The van der Waals surface area contributed by atoms with E-state index < -0.39 is 5.82 Å². The van der Waals surface area contributed by atoms with Gasteiger partial charge in [0.15, 0.2) is 0 Å². The number of nitrogens with two attached hydrogens (primary N) is 1. The zero-order valence-corrected chi connectivity index (χ0v) is 9.71. The molecule has 1 fully saturated rings. The maximum atomic E-state index is 12.9. The Morgan fingerprint density at radius 2 is 2.38 bits per heavy atom. The molecule has 1 aliphatic rings. The fourth-order valence-corrected chi connectivity index (χ4v) is 2.21. The molecule has 0 saturated carbocycles. The average molecular weight is 244 g/mol. The molecule has 2 nitrogen and oxygen atoms in total. The van der Waals surface area contributed by atoms with Crippen molar-refractivity contribution in [2.24, 2.45) is 5.73 Å². The van der Waals surface area contributed by atoms with Crippen molar-refractivity contribution in [2.45, 2.75) is 31.4 Å². The van der Waals surface area contributed by atoms with Gasteiger partial charge in [0.1, 0.15) is 5.82 Å². The van der Waals surface area contributed by atoms with Crippen molar-refractivity contribution < 1.29 is 9.13 Å². The highest BCUT2D eigenvalue weighted by molar-refractivity contribution is 6.30. The van der Waals surface area contributed by atoms with E-state index >= 15 is 0 Å². The first-order valence-corrected chi connectivity index (χ1v) is 5.86. The van der Waals surface area contributed by atoms with E-state index in [1.807, 2.05) is 0 Å². The fourth-order valence-electron chi connectivity index (χ4n) is 2.01. The van der Waals surface area contributed by atoms with Crippen LogP contribution >= 0.6 is 11.6 Å². The SMILES string of the molecule is NC(Cc1ccc(F)c(Cl)c1)C1CCCO1. The number of halogens is 2. The molecule has 1 aromatic rings. The lowest BCUT2D eigenvalue weighted by atomic mass is 10.0. The lowest BCUT2D eigenvalue weighted by Crippen LogP contribution is -2.36. The molecule has 1 aliphatic heterocycles. The molecule has 2 N–H and O–H groups in total. The first-order valence-electron chi connectivity index (χ1n) is 5.48. The van der Waals surface area contributed by atoms with Crippen LogP contribution in [0.15, 0.2) is 18.2 Å². The maximum absolute atomic E-state index is 12.9. The average Bonchev–Trinajstić information content (AvgIpc) is 2.77. The molecule has 2 rings (SSSR count).